The molecule has 0 atom stereocenters. The van der Waals surface area contributed by atoms with Crippen LogP contribution >= 0.6 is 11.8 Å². The Labute approximate surface area is 105 Å². The third-order valence-electron chi connectivity index (χ3n) is 2.23. The normalized spacial score (nSPS) is 9.94. The second-order valence-electron chi connectivity index (χ2n) is 3.42. The largest absolute Gasteiger partial charge is 0.493 e. The van der Waals surface area contributed by atoms with E-state index in [2.05, 4.69) is 6.58 Å². The number of thioether (sulfide) groups is 1. The maximum Gasteiger partial charge on any atom is 0.340 e. The molecule has 0 bridgehead atoms. The number of hydrogen-bond acceptors (Lipinski definition) is 3. The Bertz CT molecular complexity index is 402. The van der Waals surface area contributed by atoms with Gasteiger partial charge in [-0.2, -0.15) is 0 Å². The van der Waals surface area contributed by atoms with E-state index in [1.807, 2.05) is 12.3 Å². The molecule has 0 unspecified atom stereocenters. The molecule has 0 aliphatic heterocycles. The van der Waals surface area contributed by atoms with Crippen LogP contribution in [0.15, 0.2) is 35.7 Å². The zero-order chi connectivity index (χ0) is 12.7. The molecule has 0 aliphatic rings. The van der Waals surface area contributed by atoms with Crippen molar-refractivity contribution in [2.45, 2.75) is 17.7 Å². The second kappa shape index (κ2) is 7.01. The Morgan fingerprint density at radius 1 is 1.59 bits per heavy atom. The van der Waals surface area contributed by atoms with E-state index in [0.717, 1.165) is 17.7 Å². The fourth-order valence-electron chi connectivity index (χ4n) is 1.42. The van der Waals surface area contributed by atoms with Crippen molar-refractivity contribution in [1.29, 1.82) is 0 Å². The van der Waals surface area contributed by atoms with Crippen molar-refractivity contribution < 1.29 is 14.6 Å². The number of carboxylic acid groups (broad SMARTS) is 1. The van der Waals surface area contributed by atoms with Crippen LogP contribution in [0.1, 0.15) is 23.2 Å². The highest BCUT2D eigenvalue weighted by Crippen LogP contribution is 2.28. The molecule has 0 radical (unpaired) electrons. The molecule has 0 fully saturated rings. The van der Waals surface area contributed by atoms with E-state index < -0.39 is 5.97 Å². The molecule has 92 valence electrons. The SMILES string of the molecule is C=CCCCOc1cccc(SC)c1C(=O)O. The van der Waals surface area contributed by atoms with Crippen molar-refractivity contribution in [3.63, 3.8) is 0 Å². The number of unbranched alkanes of at least 4 members (excludes halogenated alkanes) is 1. The number of ether oxygens (including phenoxy) is 1. The smallest absolute Gasteiger partial charge is 0.340 e. The van der Waals surface area contributed by atoms with Crippen LogP contribution in [-0.4, -0.2) is 23.9 Å². The average Bonchev–Trinajstić information content (AvgIpc) is 2.33. The van der Waals surface area contributed by atoms with Gasteiger partial charge in [-0.1, -0.05) is 12.1 Å². The van der Waals surface area contributed by atoms with Gasteiger partial charge in [-0.15, -0.1) is 18.3 Å². The molecule has 0 aliphatic carbocycles. The first kappa shape index (κ1) is 13.6. The van der Waals surface area contributed by atoms with Crippen LogP contribution in [0.4, 0.5) is 0 Å². The Hall–Kier alpha value is -1.42. The number of benzene rings is 1. The molecular formula is C13H16O3S. The minimum Gasteiger partial charge on any atom is -0.493 e. The zero-order valence-corrected chi connectivity index (χ0v) is 10.6. The molecule has 0 spiro atoms. The second-order valence-corrected chi connectivity index (χ2v) is 4.27. The van der Waals surface area contributed by atoms with Gasteiger partial charge in [0.15, 0.2) is 0 Å². The summed E-state index contributed by atoms with van der Waals surface area (Å²) in [7, 11) is 0. The van der Waals surface area contributed by atoms with Crippen molar-refractivity contribution in [3.8, 4) is 5.75 Å². The average molecular weight is 252 g/mol. The topological polar surface area (TPSA) is 46.5 Å². The highest BCUT2D eigenvalue weighted by molar-refractivity contribution is 7.98. The van der Waals surface area contributed by atoms with Crippen molar-refractivity contribution >= 4 is 17.7 Å². The van der Waals surface area contributed by atoms with E-state index in [1.54, 1.807) is 18.2 Å². The number of rotatable bonds is 7. The van der Waals surface area contributed by atoms with Gasteiger partial charge in [0.2, 0.25) is 0 Å². The summed E-state index contributed by atoms with van der Waals surface area (Å²) < 4.78 is 5.50. The number of allylic oxidation sites excluding steroid dienone is 1. The first-order valence-corrected chi connectivity index (χ1v) is 6.57. The minimum absolute atomic E-state index is 0.249. The van der Waals surface area contributed by atoms with Gasteiger partial charge >= 0.3 is 5.97 Å². The van der Waals surface area contributed by atoms with Gasteiger partial charge in [0.05, 0.1) is 6.61 Å². The maximum absolute atomic E-state index is 11.2. The van der Waals surface area contributed by atoms with Gasteiger partial charge in [0.25, 0.3) is 0 Å². The molecule has 0 amide bonds. The third kappa shape index (κ3) is 3.82. The zero-order valence-electron chi connectivity index (χ0n) is 9.81. The fraction of sp³-hybridized carbons (Fsp3) is 0.308. The molecule has 0 aromatic heterocycles. The lowest BCUT2D eigenvalue weighted by molar-refractivity contribution is 0.0688. The van der Waals surface area contributed by atoms with Crippen molar-refractivity contribution in [1.82, 2.24) is 0 Å². The summed E-state index contributed by atoms with van der Waals surface area (Å²) >= 11 is 1.40. The van der Waals surface area contributed by atoms with Crippen molar-refractivity contribution in [3.05, 3.63) is 36.4 Å². The predicted octanol–water partition coefficient (Wildman–Crippen LogP) is 3.45. The molecule has 3 nitrogen and oxygen atoms in total. The van der Waals surface area contributed by atoms with E-state index in [1.165, 1.54) is 11.8 Å². The van der Waals surface area contributed by atoms with E-state index in [0.29, 0.717) is 12.4 Å². The lowest BCUT2D eigenvalue weighted by Gasteiger charge is -2.11. The van der Waals surface area contributed by atoms with Crippen LogP contribution in [0.3, 0.4) is 0 Å². The summed E-state index contributed by atoms with van der Waals surface area (Å²) in [5, 5.41) is 9.17. The Morgan fingerprint density at radius 3 is 2.94 bits per heavy atom. The summed E-state index contributed by atoms with van der Waals surface area (Å²) in [6.45, 7) is 4.13. The lowest BCUT2D eigenvalue weighted by atomic mass is 10.2. The molecule has 1 aromatic rings. The molecule has 4 heteroatoms. The Kier molecular flexibility index (Phi) is 5.63. The minimum atomic E-state index is -0.950. The fourth-order valence-corrected chi connectivity index (χ4v) is 2.03. The molecule has 1 N–H and O–H groups in total. The quantitative estimate of drug-likeness (QED) is 0.458. The van der Waals surface area contributed by atoms with E-state index in [9.17, 15) is 9.90 Å². The molecular weight excluding hydrogens is 236 g/mol. The molecule has 0 saturated heterocycles. The molecule has 17 heavy (non-hydrogen) atoms. The molecule has 0 saturated carbocycles. The summed E-state index contributed by atoms with van der Waals surface area (Å²) in [5.41, 5.74) is 0.249. The lowest BCUT2D eigenvalue weighted by Crippen LogP contribution is -2.05. The monoisotopic (exact) mass is 252 g/mol. The Balaban J connectivity index is 2.83. The van der Waals surface area contributed by atoms with Gasteiger partial charge in [-0.3, -0.25) is 0 Å². The van der Waals surface area contributed by atoms with Crippen LogP contribution in [0, 0.1) is 0 Å². The van der Waals surface area contributed by atoms with Gasteiger partial charge in [0, 0.05) is 4.90 Å². The predicted molar refractivity (Wildman–Crippen MR) is 70.1 cm³/mol. The van der Waals surface area contributed by atoms with Gasteiger partial charge in [0.1, 0.15) is 11.3 Å². The van der Waals surface area contributed by atoms with E-state index in [4.69, 9.17) is 4.74 Å². The molecule has 1 aromatic carbocycles. The summed E-state index contributed by atoms with van der Waals surface area (Å²) in [4.78, 5) is 11.9. The van der Waals surface area contributed by atoms with Gasteiger partial charge in [-0.25, -0.2) is 4.79 Å². The summed E-state index contributed by atoms with van der Waals surface area (Å²) in [6, 6.07) is 5.28. The van der Waals surface area contributed by atoms with E-state index >= 15 is 0 Å². The Morgan fingerprint density at radius 2 is 2.35 bits per heavy atom. The first-order chi connectivity index (χ1) is 8.20. The summed E-state index contributed by atoms with van der Waals surface area (Å²) in [6.07, 6.45) is 5.37. The maximum atomic E-state index is 11.2. The van der Waals surface area contributed by atoms with Crippen molar-refractivity contribution in [2.24, 2.45) is 0 Å². The van der Waals surface area contributed by atoms with Crippen molar-refractivity contribution in [2.75, 3.05) is 12.9 Å². The number of carbonyl (C=O) groups is 1. The molecule has 1 rings (SSSR count). The van der Waals surface area contributed by atoms with Crippen LogP contribution in [0.2, 0.25) is 0 Å². The highest BCUT2D eigenvalue weighted by atomic mass is 32.2. The van der Waals surface area contributed by atoms with Crippen LogP contribution in [0.25, 0.3) is 0 Å². The summed E-state index contributed by atoms with van der Waals surface area (Å²) in [5.74, 6) is -0.512. The first-order valence-electron chi connectivity index (χ1n) is 5.34. The van der Waals surface area contributed by atoms with Gasteiger partial charge in [-0.05, 0) is 31.2 Å². The number of carboxylic acids is 1. The van der Waals surface area contributed by atoms with E-state index in [-0.39, 0.29) is 5.56 Å². The molecule has 0 heterocycles. The van der Waals surface area contributed by atoms with Crippen LogP contribution in [0.5, 0.6) is 5.75 Å². The number of hydrogen-bond donors (Lipinski definition) is 1. The van der Waals surface area contributed by atoms with Crippen LogP contribution in [-0.2, 0) is 0 Å². The van der Waals surface area contributed by atoms with Gasteiger partial charge < -0.3 is 9.84 Å². The third-order valence-corrected chi connectivity index (χ3v) is 3.01. The highest BCUT2D eigenvalue weighted by Gasteiger charge is 2.15. The number of aromatic carboxylic acids is 1. The van der Waals surface area contributed by atoms with Crippen LogP contribution < -0.4 is 4.74 Å². The standard InChI is InChI=1S/C13H16O3S/c1-3-4-5-9-16-10-7-6-8-11(17-2)12(10)13(14)15/h3,6-8H,1,4-5,9H2,2H3,(H,14,15).